The third-order valence-corrected chi connectivity index (χ3v) is 8.28. The van der Waals surface area contributed by atoms with Gasteiger partial charge in [-0.1, -0.05) is 60.1 Å². The van der Waals surface area contributed by atoms with E-state index in [-0.39, 0.29) is 12.3 Å². The van der Waals surface area contributed by atoms with Crippen molar-refractivity contribution in [3.05, 3.63) is 101 Å². The van der Waals surface area contributed by atoms with Crippen LogP contribution in [-0.4, -0.2) is 65.1 Å². The fourth-order valence-electron chi connectivity index (χ4n) is 5.55. The summed E-state index contributed by atoms with van der Waals surface area (Å²) in [5.41, 5.74) is 8.63. The Kier molecular flexibility index (Phi) is 11.0. The Hall–Kier alpha value is -5.22. The lowest BCUT2D eigenvalue weighted by Gasteiger charge is -2.27. The van der Waals surface area contributed by atoms with E-state index in [0.29, 0.717) is 54.5 Å². The number of benzene rings is 3. The van der Waals surface area contributed by atoms with Gasteiger partial charge < -0.3 is 25.6 Å². The normalized spacial score (nSPS) is 11.4. The zero-order valence-corrected chi connectivity index (χ0v) is 29.0. The van der Waals surface area contributed by atoms with E-state index in [1.54, 1.807) is 29.4 Å². The number of anilines is 1. The Labute approximate surface area is 291 Å². The van der Waals surface area contributed by atoms with Gasteiger partial charge in [0.15, 0.2) is 0 Å². The van der Waals surface area contributed by atoms with Crippen molar-refractivity contribution in [1.82, 2.24) is 20.2 Å². The Bertz CT molecular complexity index is 1980. The topological polar surface area (TPSA) is 131 Å². The minimum atomic E-state index is -0.667. The van der Waals surface area contributed by atoms with Gasteiger partial charge in [0.25, 0.3) is 0 Å². The Morgan fingerprint density at radius 2 is 1.71 bits per heavy atom. The summed E-state index contributed by atoms with van der Waals surface area (Å²) in [4.78, 5) is 50.5. The number of hydrogen-bond donors (Lipinski definition) is 2. The SMILES string of the molecule is CN(CCNC(=O)CCCN(Cc1ccc(-c2ccccc2)c(Cl)c1)C(=O)OC(C)(C)C)c1nc2cc(C(N)=O)ccc2c2cnccc12. The van der Waals surface area contributed by atoms with Crippen LogP contribution in [0, 0.1) is 0 Å². The maximum absolute atomic E-state index is 13.2. The van der Waals surface area contributed by atoms with Crippen LogP contribution < -0.4 is 16.0 Å². The van der Waals surface area contributed by atoms with Crippen LogP contribution in [0.2, 0.25) is 5.02 Å². The molecular weight excluding hydrogens is 640 g/mol. The fraction of sp³-hybridized carbons (Fsp3) is 0.289. The maximum Gasteiger partial charge on any atom is 0.410 e. The van der Waals surface area contributed by atoms with Gasteiger partial charge in [0.05, 0.1) is 5.52 Å². The molecule has 10 nitrogen and oxygen atoms in total. The second-order valence-corrected chi connectivity index (χ2v) is 13.3. The Morgan fingerprint density at radius 1 is 0.939 bits per heavy atom. The van der Waals surface area contributed by atoms with Crippen molar-refractivity contribution in [3.63, 3.8) is 0 Å². The van der Waals surface area contributed by atoms with Crippen molar-refractivity contribution < 1.29 is 19.1 Å². The molecule has 49 heavy (non-hydrogen) atoms. The average Bonchev–Trinajstić information content (AvgIpc) is 3.06. The number of carbonyl (C=O) groups excluding carboxylic acids is 3. The largest absolute Gasteiger partial charge is 0.444 e. The standard InChI is InChI=1S/C38H41ClN6O4/c1-38(2,3)49-37(48)45(24-25-12-14-28(32(39)21-25)26-9-6-5-7-10-26)19-8-11-34(46)42-18-20-44(4)36-30-16-17-41-23-31(30)29-15-13-27(35(40)47)22-33(29)43-36/h5-7,9-10,12-17,21-23H,8,11,18-20,24H2,1-4H3,(H2,40,47)(H,42,46). The number of likely N-dealkylation sites (N-methyl/N-ethyl adjacent to an activating group) is 1. The molecule has 3 N–H and O–H groups in total. The van der Waals surface area contributed by atoms with E-state index in [4.69, 9.17) is 27.1 Å². The number of primary amides is 1. The second kappa shape index (κ2) is 15.3. The van der Waals surface area contributed by atoms with Crippen LogP contribution in [0.1, 0.15) is 49.5 Å². The van der Waals surface area contributed by atoms with Crippen LogP contribution in [-0.2, 0) is 16.1 Å². The molecule has 5 rings (SSSR count). The number of hydrogen-bond acceptors (Lipinski definition) is 7. The van der Waals surface area contributed by atoms with Crippen LogP contribution in [0.4, 0.5) is 10.6 Å². The van der Waals surface area contributed by atoms with Gasteiger partial charge in [-0.2, -0.15) is 0 Å². The number of pyridine rings is 2. The predicted octanol–water partition coefficient (Wildman–Crippen LogP) is 6.97. The highest BCUT2D eigenvalue weighted by Gasteiger charge is 2.23. The summed E-state index contributed by atoms with van der Waals surface area (Å²) in [6, 6.07) is 22.7. The molecule has 0 atom stereocenters. The minimum absolute atomic E-state index is 0.126. The first-order chi connectivity index (χ1) is 23.4. The first-order valence-electron chi connectivity index (χ1n) is 16.2. The van der Waals surface area contributed by atoms with Crippen molar-refractivity contribution in [1.29, 1.82) is 0 Å². The number of aromatic nitrogens is 2. The number of nitrogens with one attached hydrogen (secondary N) is 1. The van der Waals surface area contributed by atoms with Gasteiger partial charge in [-0.3, -0.25) is 14.6 Å². The molecule has 0 radical (unpaired) electrons. The van der Waals surface area contributed by atoms with Crippen LogP contribution in [0.3, 0.4) is 0 Å². The Morgan fingerprint density at radius 3 is 2.43 bits per heavy atom. The lowest BCUT2D eigenvalue weighted by molar-refractivity contribution is -0.121. The van der Waals surface area contributed by atoms with E-state index in [0.717, 1.165) is 32.8 Å². The van der Waals surface area contributed by atoms with Gasteiger partial charge >= 0.3 is 6.09 Å². The predicted molar refractivity (Wildman–Crippen MR) is 195 cm³/mol. The fourth-order valence-corrected chi connectivity index (χ4v) is 5.87. The molecule has 3 amide bonds. The first kappa shape index (κ1) is 35.1. The number of rotatable bonds is 12. The number of amides is 3. The molecule has 0 aliphatic heterocycles. The Balaban J connectivity index is 1.19. The van der Waals surface area contributed by atoms with E-state index >= 15 is 0 Å². The van der Waals surface area contributed by atoms with E-state index < -0.39 is 17.6 Å². The zero-order chi connectivity index (χ0) is 35.1. The summed E-state index contributed by atoms with van der Waals surface area (Å²) in [6.45, 7) is 6.96. The molecule has 2 aromatic heterocycles. The summed E-state index contributed by atoms with van der Waals surface area (Å²) >= 11 is 6.65. The third kappa shape index (κ3) is 9.03. The number of carbonyl (C=O) groups is 3. The molecule has 254 valence electrons. The first-order valence-corrected chi connectivity index (χ1v) is 16.5. The van der Waals surface area contributed by atoms with Gasteiger partial charge in [-0.15, -0.1) is 0 Å². The highest BCUT2D eigenvalue weighted by atomic mass is 35.5. The zero-order valence-electron chi connectivity index (χ0n) is 28.2. The van der Waals surface area contributed by atoms with E-state index in [2.05, 4.69) is 10.3 Å². The number of nitrogens with zero attached hydrogens (tertiary/aromatic N) is 4. The smallest absolute Gasteiger partial charge is 0.410 e. The molecule has 0 aliphatic carbocycles. The molecule has 2 heterocycles. The molecular formula is C38H41ClN6O4. The quantitative estimate of drug-likeness (QED) is 0.136. The number of ether oxygens (including phenoxy) is 1. The molecule has 0 unspecified atom stereocenters. The summed E-state index contributed by atoms with van der Waals surface area (Å²) in [5.74, 6) is 0.0498. The van der Waals surface area contributed by atoms with Crippen LogP contribution in [0.15, 0.2) is 85.2 Å². The van der Waals surface area contributed by atoms with Gasteiger partial charge in [0, 0.05) is 84.3 Å². The lowest BCUT2D eigenvalue weighted by atomic mass is 10.0. The van der Waals surface area contributed by atoms with Gasteiger partial charge in [0.1, 0.15) is 11.4 Å². The van der Waals surface area contributed by atoms with E-state index in [1.165, 1.54) is 0 Å². The maximum atomic E-state index is 13.2. The minimum Gasteiger partial charge on any atom is -0.444 e. The van der Waals surface area contributed by atoms with Gasteiger partial charge in [0.2, 0.25) is 11.8 Å². The number of nitrogens with two attached hydrogens (primary N) is 1. The van der Waals surface area contributed by atoms with Crippen LogP contribution in [0.5, 0.6) is 0 Å². The highest BCUT2D eigenvalue weighted by molar-refractivity contribution is 6.33. The van der Waals surface area contributed by atoms with Crippen molar-refractivity contribution in [2.24, 2.45) is 5.73 Å². The van der Waals surface area contributed by atoms with E-state index in [1.807, 2.05) is 93.4 Å². The van der Waals surface area contributed by atoms with Crippen molar-refractivity contribution in [2.45, 2.75) is 45.8 Å². The number of halogens is 1. The molecule has 0 saturated carbocycles. The van der Waals surface area contributed by atoms with Crippen LogP contribution >= 0.6 is 11.6 Å². The van der Waals surface area contributed by atoms with Gasteiger partial charge in [-0.05, 0) is 62.6 Å². The summed E-state index contributed by atoms with van der Waals surface area (Å²) in [7, 11) is 1.90. The number of fused-ring (bicyclic) bond motifs is 3. The lowest BCUT2D eigenvalue weighted by Crippen LogP contribution is -2.38. The average molecular weight is 681 g/mol. The molecule has 0 aliphatic rings. The van der Waals surface area contributed by atoms with Crippen molar-refractivity contribution in [3.8, 4) is 11.1 Å². The van der Waals surface area contributed by atoms with Gasteiger partial charge in [-0.25, -0.2) is 9.78 Å². The van der Waals surface area contributed by atoms with Crippen LogP contribution in [0.25, 0.3) is 32.8 Å². The summed E-state index contributed by atoms with van der Waals surface area (Å²) < 4.78 is 5.68. The second-order valence-electron chi connectivity index (χ2n) is 12.9. The molecule has 0 fully saturated rings. The summed E-state index contributed by atoms with van der Waals surface area (Å²) in [5, 5.41) is 6.24. The highest BCUT2D eigenvalue weighted by Crippen LogP contribution is 2.31. The third-order valence-electron chi connectivity index (χ3n) is 7.97. The molecule has 0 spiro atoms. The monoisotopic (exact) mass is 680 g/mol. The van der Waals surface area contributed by atoms with Crippen molar-refractivity contribution >= 4 is 57.0 Å². The van der Waals surface area contributed by atoms with E-state index in [9.17, 15) is 14.4 Å². The molecule has 0 bridgehead atoms. The molecule has 5 aromatic rings. The molecule has 0 saturated heterocycles. The molecule has 3 aromatic carbocycles. The summed E-state index contributed by atoms with van der Waals surface area (Å²) in [6.07, 6.45) is 3.71. The molecule has 11 heteroatoms. The van der Waals surface area contributed by atoms with Crippen molar-refractivity contribution in [2.75, 3.05) is 31.6 Å².